The van der Waals surface area contributed by atoms with Gasteiger partial charge in [-0.15, -0.1) is 0 Å². The van der Waals surface area contributed by atoms with Crippen molar-refractivity contribution in [1.82, 2.24) is 4.98 Å². The number of aliphatic hydroxyl groups is 1. The fourth-order valence-corrected chi connectivity index (χ4v) is 2.45. The van der Waals surface area contributed by atoms with Gasteiger partial charge in [-0.1, -0.05) is 48.0 Å². The molecule has 1 N–H and O–H groups in total. The Hall–Kier alpha value is -2.19. The summed E-state index contributed by atoms with van der Waals surface area (Å²) in [5.41, 5.74) is 4.18. The van der Waals surface area contributed by atoms with Crippen molar-refractivity contribution >= 4 is 10.9 Å². The summed E-state index contributed by atoms with van der Waals surface area (Å²) in [6, 6.07) is 18.2. The van der Waals surface area contributed by atoms with Gasteiger partial charge in [0.2, 0.25) is 0 Å². The van der Waals surface area contributed by atoms with Gasteiger partial charge in [0.1, 0.15) is 0 Å². The maximum atomic E-state index is 10.4. The molecule has 2 heteroatoms. The smallest absolute Gasteiger partial charge is 0.0845 e. The summed E-state index contributed by atoms with van der Waals surface area (Å²) < 4.78 is 0. The summed E-state index contributed by atoms with van der Waals surface area (Å²) in [7, 11) is 0. The third-order valence-electron chi connectivity index (χ3n) is 3.51. The first-order valence-electron chi connectivity index (χ1n) is 6.81. The Morgan fingerprint density at radius 1 is 1.05 bits per heavy atom. The van der Waals surface area contributed by atoms with Crippen LogP contribution in [0.2, 0.25) is 0 Å². The molecule has 100 valence electrons. The lowest BCUT2D eigenvalue weighted by Gasteiger charge is -2.12. The third kappa shape index (κ3) is 2.70. The Bertz CT molecular complexity index is 736. The summed E-state index contributed by atoms with van der Waals surface area (Å²) in [4.78, 5) is 4.40. The Labute approximate surface area is 118 Å². The number of benzene rings is 2. The van der Waals surface area contributed by atoms with Gasteiger partial charge in [0.15, 0.2) is 0 Å². The van der Waals surface area contributed by atoms with E-state index in [1.807, 2.05) is 42.5 Å². The lowest BCUT2D eigenvalue weighted by Crippen LogP contribution is -2.02. The maximum Gasteiger partial charge on any atom is 0.0845 e. The summed E-state index contributed by atoms with van der Waals surface area (Å²) in [6.45, 7) is 2.06. The second kappa shape index (κ2) is 5.43. The predicted octanol–water partition coefficient (Wildman–Crippen LogP) is 3.82. The highest BCUT2D eigenvalue weighted by atomic mass is 16.3. The molecular formula is C18H17NO. The fourth-order valence-electron chi connectivity index (χ4n) is 2.45. The average Bonchev–Trinajstić information content (AvgIpc) is 2.47. The van der Waals surface area contributed by atoms with Crippen molar-refractivity contribution in [3.8, 4) is 0 Å². The van der Waals surface area contributed by atoms with E-state index in [0.717, 1.165) is 22.0 Å². The van der Waals surface area contributed by atoms with E-state index >= 15 is 0 Å². The largest absolute Gasteiger partial charge is 0.388 e. The molecule has 20 heavy (non-hydrogen) atoms. The minimum Gasteiger partial charge on any atom is -0.388 e. The number of hydrogen-bond acceptors (Lipinski definition) is 2. The van der Waals surface area contributed by atoms with E-state index in [-0.39, 0.29) is 0 Å². The molecule has 0 saturated heterocycles. The molecule has 0 spiro atoms. The van der Waals surface area contributed by atoms with Crippen LogP contribution in [0.25, 0.3) is 10.9 Å². The van der Waals surface area contributed by atoms with Crippen molar-refractivity contribution < 1.29 is 5.11 Å². The number of aromatic nitrogens is 1. The molecule has 1 unspecified atom stereocenters. The van der Waals surface area contributed by atoms with E-state index in [0.29, 0.717) is 6.42 Å². The van der Waals surface area contributed by atoms with Gasteiger partial charge < -0.3 is 5.11 Å². The number of aliphatic hydroxyl groups excluding tert-OH is 1. The van der Waals surface area contributed by atoms with Crippen LogP contribution in [0, 0.1) is 6.92 Å². The van der Waals surface area contributed by atoms with Crippen LogP contribution >= 0.6 is 0 Å². The third-order valence-corrected chi connectivity index (χ3v) is 3.51. The van der Waals surface area contributed by atoms with E-state index in [4.69, 9.17) is 0 Å². The monoisotopic (exact) mass is 263 g/mol. The van der Waals surface area contributed by atoms with Gasteiger partial charge in [0, 0.05) is 18.0 Å². The van der Waals surface area contributed by atoms with E-state index in [1.54, 1.807) is 6.20 Å². The van der Waals surface area contributed by atoms with Gasteiger partial charge in [0.05, 0.1) is 11.6 Å². The Morgan fingerprint density at radius 3 is 2.75 bits per heavy atom. The van der Waals surface area contributed by atoms with Crippen LogP contribution in [0.5, 0.6) is 0 Å². The second-order valence-corrected chi connectivity index (χ2v) is 5.17. The molecule has 0 amide bonds. The van der Waals surface area contributed by atoms with Crippen molar-refractivity contribution in [3.05, 3.63) is 77.5 Å². The van der Waals surface area contributed by atoms with Crippen LogP contribution in [-0.2, 0) is 6.42 Å². The zero-order valence-electron chi connectivity index (χ0n) is 11.5. The highest BCUT2D eigenvalue weighted by molar-refractivity contribution is 5.78. The summed E-state index contributed by atoms with van der Waals surface area (Å²) >= 11 is 0. The quantitative estimate of drug-likeness (QED) is 0.779. The van der Waals surface area contributed by atoms with Gasteiger partial charge in [0.25, 0.3) is 0 Å². The van der Waals surface area contributed by atoms with E-state index in [9.17, 15) is 5.11 Å². The van der Waals surface area contributed by atoms with Crippen LogP contribution < -0.4 is 0 Å². The molecule has 3 rings (SSSR count). The average molecular weight is 263 g/mol. The Balaban J connectivity index is 1.86. The SMILES string of the molecule is Cc1cccc(CC(O)c2cnc3ccccc3c2)c1. The Kier molecular flexibility index (Phi) is 3.48. The van der Waals surface area contributed by atoms with Crippen LogP contribution in [0.4, 0.5) is 0 Å². The first kappa shape index (κ1) is 12.8. The molecule has 0 saturated carbocycles. The number of aryl methyl sites for hydroxylation is 1. The van der Waals surface area contributed by atoms with Crippen LogP contribution in [0.1, 0.15) is 22.8 Å². The number of pyridine rings is 1. The van der Waals surface area contributed by atoms with Crippen molar-refractivity contribution in [1.29, 1.82) is 0 Å². The van der Waals surface area contributed by atoms with Gasteiger partial charge in [-0.3, -0.25) is 4.98 Å². The summed E-state index contributed by atoms with van der Waals surface area (Å²) in [6.07, 6.45) is 1.86. The van der Waals surface area contributed by atoms with E-state index < -0.39 is 6.10 Å². The van der Waals surface area contributed by atoms with Crippen molar-refractivity contribution in [2.24, 2.45) is 0 Å². The molecule has 2 nitrogen and oxygen atoms in total. The maximum absolute atomic E-state index is 10.4. The van der Waals surface area contributed by atoms with Crippen LogP contribution in [0.3, 0.4) is 0 Å². The molecule has 1 heterocycles. The summed E-state index contributed by atoms with van der Waals surface area (Å²) in [5.74, 6) is 0. The van der Waals surface area contributed by atoms with E-state index in [2.05, 4.69) is 24.0 Å². The highest BCUT2D eigenvalue weighted by Crippen LogP contribution is 2.21. The van der Waals surface area contributed by atoms with Crippen molar-refractivity contribution in [2.45, 2.75) is 19.4 Å². The number of hydrogen-bond donors (Lipinski definition) is 1. The first-order chi connectivity index (χ1) is 9.72. The minimum absolute atomic E-state index is 0.520. The van der Waals surface area contributed by atoms with Crippen LogP contribution in [0.15, 0.2) is 60.8 Å². The second-order valence-electron chi connectivity index (χ2n) is 5.17. The first-order valence-corrected chi connectivity index (χ1v) is 6.81. The Morgan fingerprint density at radius 2 is 1.90 bits per heavy atom. The number of nitrogens with zero attached hydrogens (tertiary/aromatic N) is 1. The van der Waals surface area contributed by atoms with E-state index in [1.165, 1.54) is 5.56 Å². The van der Waals surface area contributed by atoms with Gasteiger partial charge in [-0.2, -0.15) is 0 Å². The molecule has 0 bridgehead atoms. The number of fused-ring (bicyclic) bond motifs is 1. The molecule has 1 aromatic heterocycles. The van der Waals surface area contributed by atoms with Crippen molar-refractivity contribution in [3.63, 3.8) is 0 Å². The van der Waals surface area contributed by atoms with Crippen LogP contribution in [-0.4, -0.2) is 10.1 Å². The zero-order chi connectivity index (χ0) is 13.9. The topological polar surface area (TPSA) is 33.1 Å². The zero-order valence-corrected chi connectivity index (χ0v) is 11.5. The molecular weight excluding hydrogens is 246 g/mol. The predicted molar refractivity (Wildman–Crippen MR) is 81.6 cm³/mol. The summed E-state index contributed by atoms with van der Waals surface area (Å²) in [5, 5.41) is 11.4. The normalized spacial score (nSPS) is 12.5. The highest BCUT2D eigenvalue weighted by Gasteiger charge is 2.10. The lowest BCUT2D eigenvalue weighted by atomic mass is 10.0. The molecule has 0 aliphatic rings. The number of para-hydroxylation sites is 1. The fraction of sp³-hybridized carbons (Fsp3) is 0.167. The molecule has 2 aromatic carbocycles. The standard InChI is InChI=1S/C18H17NO/c1-13-5-4-6-14(9-13)10-18(20)16-11-15-7-2-3-8-17(15)19-12-16/h2-9,11-12,18,20H,10H2,1H3. The minimum atomic E-state index is -0.520. The van der Waals surface area contributed by atoms with Gasteiger partial charge >= 0.3 is 0 Å². The molecule has 3 aromatic rings. The molecule has 0 aliphatic carbocycles. The van der Waals surface area contributed by atoms with Crippen molar-refractivity contribution in [2.75, 3.05) is 0 Å². The number of rotatable bonds is 3. The molecule has 1 atom stereocenters. The lowest BCUT2D eigenvalue weighted by molar-refractivity contribution is 0.178. The van der Waals surface area contributed by atoms with Gasteiger partial charge in [-0.05, 0) is 30.2 Å². The molecule has 0 aliphatic heterocycles. The molecule has 0 radical (unpaired) electrons. The molecule has 0 fully saturated rings. The van der Waals surface area contributed by atoms with Gasteiger partial charge in [-0.25, -0.2) is 0 Å².